The number of oxazole rings is 1. The number of hydrogen-bond acceptors (Lipinski definition) is 4. The molecule has 0 radical (unpaired) electrons. The van der Waals surface area contributed by atoms with Crippen LogP contribution in [0.25, 0.3) is 11.1 Å². The molecule has 2 aromatic carbocycles. The normalized spacial score (nSPS) is 14.8. The Kier molecular flexibility index (Phi) is 3.34. The highest BCUT2D eigenvalue weighted by molar-refractivity contribution is 5.93. The van der Waals surface area contributed by atoms with E-state index in [0.29, 0.717) is 6.01 Å². The van der Waals surface area contributed by atoms with Crippen LogP contribution < -0.4 is 15.5 Å². The molecule has 0 saturated carbocycles. The second-order valence-corrected chi connectivity index (χ2v) is 5.40. The smallest absolute Gasteiger partial charge is 0.321 e. The molecule has 0 atom stereocenters. The van der Waals surface area contributed by atoms with Gasteiger partial charge in [0.2, 0.25) is 0 Å². The molecule has 4 rings (SSSR count). The minimum atomic E-state index is -0.0599. The Morgan fingerprint density at radius 2 is 2.09 bits per heavy atom. The van der Waals surface area contributed by atoms with Gasteiger partial charge in [-0.2, -0.15) is 4.98 Å². The number of nitrogens with one attached hydrogen (secondary N) is 2. The number of aromatic nitrogens is 1. The highest BCUT2D eigenvalue weighted by Gasteiger charge is 2.19. The van der Waals surface area contributed by atoms with E-state index in [1.54, 1.807) is 4.90 Å². The molecule has 0 unspecified atom stereocenters. The molecule has 3 aromatic rings. The van der Waals surface area contributed by atoms with Crippen molar-refractivity contribution < 1.29 is 9.21 Å². The summed E-state index contributed by atoms with van der Waals surface area (Å²) in [5.41, 5.74) is 3.22. The van der Waals surface area contributed by atoms with E-state index in [-0.39, 0.29) is 6.03 Å². The fraction of sp³-hybridized carbons (Fsp3) is 0.176. The number of para-hydroxylation sites is 2. The number of fused-ring (bicyclic) bond motifs is 1. The van der Waals surface area contributed by atoms with Gasteiger partial charge in [-0.05, 0) is 36.8 Å². The third-order valence-corrected chi connectivity index (χ3v) is 3.78. The van der Waals surface area contributed by atoms with Crippen molar-refractivity contribution in [2.75, 3.05) is 23.3 Å². The van der Waals surface area contributed by atoms with Crippen LogP contribution in [0.2, 0.25) is 0 Å². The summed E-state index contributed by atoms with van der Waals surface area (Å²) in [5.74, 6) is 0. The quantitative estimate of drug-likeness (QED) is 0.777. The molecule has 0 aliphatic carbocycles. The summed E-state index contributed by atoms with van der Waals surface area (Å²) < 4.78 is 5.66. The number of carbonyl (C=O) groups is 1. The van der Waals surface area contributed by atoms with Gasteiger partial charge in [0, 0.05) is 24.5 Å². The van der Waals surface area contributed by atoms with Crippen molar-refractivity contribution in [1.82, 2.24) is 10.3 Å². The first-order valence-corrected chi connectivity index (χ1v) is 7.58. The van der Waals surface area contributed by atoms with Gasteiger partial charge in [-0.15, -0.1) is 0 Å². The number of amides is 2. The second kappa shape index (κ2) is 5.64. The number of nitrogens with zero attached hydrogens (tertiary/aromatic N) is 2. The molecule has 0 bridgehead atoms. The Bertz CT molecular complexity index is 825. The summed E-state index contributed by atoms with van der Waals surface area (Å²) in [7, 11) is 0. The lowest BCUT2D eigenvalue weighted by Gasteiger charge is -2.27. The van der Waals surface area contributed by atoms with Gasteiger partial charge in [-0.1, -0.05) is 18.2 Å². The van der Waals surface area contributed by atoms with Gasteiger partial charge < -0.3 is 15.1 Å². The van der Waals surface area contributed by atoms with Crippen molar-refractivity contribution in [2.24, 2.45) is 0 Å². The zero-order valence-electron chi connectivity index (χ0n) is 12.5. The molecule has 23 heavy (non-hydrogen) atoms. The van der Waals surface area contributed by atoms with E-state index in [4.69, 9.17) is 4.42 Å². The molecule has 2 heterocycles. The van der Waals surface area contributed by atoms with E-state index >= 15 is 0 Å². The van der Waals surface area contributed by atoms with Crippen LogP contribution >= 0.6 is 0 Å². The summed E-state index contributed by atoms with van der Waals surface area (Å²) in [6.07, 6.45) is 0.939. The summed E-state index contributed by atoms with van der Waals surface area (Å²) in [4.78, 5) is 18.1. The summed E-state index contributed by atoms with van der Waals surface area (Å²) in [6.45, 7) is 1.45. The maximum Gasteiger partial charge on any atom is 0.321 e. The van der Waals surface area contributed by atoms with E-state index in [2.05, 4.69) is 15.6 Å². The van der Waals surface area contributed by atoms with Crippen LogP contribution in [-0.4, -0.2) is 24.1 Å². The van der Waals surface area contributed by atoms with E-state index < -0.39 is 0 Å². The summed E-state index contributed by atoms with van der Waals surface area (Å²) >= 11 is 0. The summed E-state index contributed by atoms with van der Waals surface area (Å²) in [6, 6.07) is 15.6. The Morgan fingerprint density at radius 1 is 1.17 bits per heavy atom. The maximum atomic E-state index is 11.9. The monoisotopic (exact) mass is 308 g/mol. The lowest BCUT2D eigenvalue weighted by atomic mass is 10.2. The van der Waals surface area contributed by atoms with Gasteiger partial charge in [0.25, 0.3) is 6.01 Å². The SMILES string of the molecule is O=C1NCCCN1c1cccc(Nc2nc3ccccc3o2)c1. The molecule has 2 N–H and O–H groups in total. The Morgan fingerprint density at radius 3 is 2.96 bits per heavy atom. The molecule has 6 heteroatoms. The predicted molar refractivity (Wildman–Crippen MR) is 89.1 cm³/mol. The summed E-state index contributed by atoms with van der Waals surface area (Å²) in [5, 5.41) is 6.00. The van der Waals surface area contributed by atoms with Gasteiger partial charge in [0.05, 0.1) is 0 Å². The minimum Gasteiger partial charge on any atom is -0.423 e. The number of benzene rings is 2. The Labute approximate surface area is 133 Å². The topological polar surface area (TPSA) is 70.4 Å². The van der Waals surface area contributed by atoms with Gasteiger partial charge in [0.1, 0.15) is 5.52 Å². The van der Waals surface area contributed by atoms with Crippen LogP contribution in [0, 0.1) is 0 Å². The van der Waals surface area contributed by atoms with Crippen molar-refractivity contribution in [2.45, 2.75) is 6.42 Å². The second-order valence-electron chi connectivity index (χ2n) is 5.40. The third kappa shape index (κ3) is 2.70. The average molecular weight is 308 g/mol. The van der Waals surface area contributed by atoms with E-state index in [0.717, 1.165) is 42.0 Å². The zero-order chi connectivity index (χ0) is 15.6. The molecule has 1 aromatic heterocycles. The lowest BCUT2D eigenvalue weighted by Crippen LogP contribution is -2.46. The standard InChI is InChI=1S/C17H16N4O2/c22-17-18-9-4-10-21(17)13-6-3-5-12(11-13)19-16-20-14-7-1-2-8-15(14)23-16/h1-3,5-8,11H,4,9-10H2,(H,18,22)(H,19,20). The molecule has 1 fully saturated rings. The molecule has 1 aliphatic heterocycles. The van der Waals surface area contributed by atoms with Crippen molar-refractivity contribution in [3.8, 4) is 0 Å². The first-order valence-electron chi connectivity index (χ1n) is 7.58. The maximum absolute atomic E-state index is 11.9. The third-order valence-electron chi connectivity index (χ3n) is 3.78. The number of rotatable bonds is 3. The van der Waals surface area contributed by atoms with Crippen LogP contribution in [0.5, 0.6) is 0 Å². The largest absolute Gasteiger partial charge is 0.423 e. The fourth-order valence-corrected chi connectivity index (χ4v) is 2.68. The minimum absolute atomic E-state index is 0.0599. The fourth-order valence-electron chi connectivity index (χ4n) is 2.68. The average Bonchev–Trinajstić information content (AvgIpc) is 2.97. The van der Waals surface area contributed by atoms with Crippen LogP contribution in [0.15, 0.2) is 52.9 Å². The Hall–Kier alpha value is -3.02. The van der Waals surface area contributed by atoms with Gasteiger partial charge in [-0.25, -0.2) is 4.79 Å². The molecule has 1 saturated heterocycles. The Balaban J connectivity index is 1.59. The number of urea groups is 1. The number of carbonyl (C=O) groups excluding carboxylic acids is 1. The molecule has 116 valence electrons. The number of anilines is 3. The molecule has 0 spiro atoms. The van der Waals surface area contributed by atoms with Crippen LogP contribution in [0.3, 0.4) is 0 Å². The van der Waals surface area contributed by atoms with E-state index in [1.165, 1.54) is 0 Å². The molecule has 1 aliphatic rings. The first-order chi connectivity index (χ1) is 11.3. The lowest BCUT2D eigenvalue weighted by molar-refractivity contribution is 0.243. The highest BCUT2D eigenvalue weighted by Crippen LogP contribution is 2.25. The van der Waals surface area contributed by atoms with Gasteiger partial charge in [0.15, 0.2) is 5.58 Å². The molecular weight excluding hydrogens is 292 g/mol. The van der Waals surface area contributed by atoms with Gasteiger partial charge >= 0.3 is 6.03 Å². The zero-order valence-corrected chi connectivity index (χ0v) is 12.5. The van der Waals surface area contributed by atoms with Crippen LogP contribution in [0.4, 0.5) is 22.2 Å². The van der Waals surface area contributed by atoms with E-state index in [9.17, 15) is 4.79 Å². The first kappa shape index (κ1) is 13.6. The number of hydrogen-bond donors (Lipinski definition) is 2. The molecular formula is C17H16N4O2. The van der Waals surface area contributed by atoms with Crippen LogP contribution in [0.1, 0.15) is 6.42 Å². The van der Waals surface area contributed by atoms with E-state index in [1.807, 2.05) is 48.5 Å². The van der Waals surface area contributed by atoms with Crippen molar-refractivity contribution in [3.05, 3.63) is 48.5 Å². The van der Waals surface area contributed by atoms with Gasteiger partial charge in [-0.3, -0.25) is 4.90 Å². The molecule has 2 amide bonds. The molecule has 6 nitrogen and oxygen atoms in total. The van der Waals surface area contributed by atoms with Crippen LogP contribution in [-0.2, 0) is 0 Å². The highest BCUT2D eigenvalue weighted by atomic mass is 16.4. The van der Waals surface area contributed by atoms with Crippen molar-refractivity contribution >= 4 is 34.5 Å². The van der Waals surface area contributed by atoms with Crippen molar-refractivity contribution in [3.63, 3.8) is 0 Å². The van der Waals surface area contributed by atoms with Crippen molar-refractivity contribution in [1.29, 1.82) is 0 Å². The predicted octanol–water partition coefficient (Wildman–Crippen LogP) is 3.49.